The highest BCUT2D eigenvalue weighted by atomic mass is 15.2. The zero-order valence-electron chi connectivity index (χ0n) is 33.9. The van der Waals surface area contributed by atoms with E-state index in [2.05, 4.69) is 210 Å². The van der Waals surface area contributed by atoms with Crippen LogP contribution in [0.15, 0.2) is 182 Å². The van der Waals surface area contributed by atoms with Crippen LogP contribution in [0.1, 0.15) is 25.0 Å². The largest absolute Gasteiger partial charge is 0.309 e. The van der Waals surface area contributed by atoms with Crippen LogP contribution >= 0.6 is 0 Å². The second-order valence-corrected chi connectivity index (χ2v) is 15.8. The van der Waals surface area contributed by atoms with Crippen LogP contribution in [0.2, 0.25) is 0 Å². The number of hydrogen-bond donors (Lipinski definition) is 0. The van der Waals surface area contributed by atoms with Gasteiger partial charge in [0.15, 0.2) is 11.6 Å². The second-order valence-electron chi connectivity index (χ2n) is 15.8. The predicted octanol–water partition coefficient (Wildman–Crippen LogP) is 13.6. The lowest BCUT2D eigenvalue weighted by Gasteiger charge is -2.12. The van der Waals surface area contributed by atoms with Gasteiger partial charge < -0.3 is 9.13 Å². The molecule has 0 bridgehead atoms. The Kier molecular flexibility index (Phi) is 8.00. The summed E-state index contributed by atoms with van der Waals surface area (Å²) in [5, 5.41) is 7.12. The summed E-state index contributed by atoms with van der Waals surface area (Å²) in [5.41, 5.74) is 13.5. The molecule has 0 spiro atoms. The van der Waals surface area contributed by atoms with Crippen molar-refractivity contribution in [1.82, 2.24) is 28.7 Å². The number of aromatic nitrogens is 6. The van der Waals surface area contributed by atoms with Crippen LogP contribution < -0.4 is 0 Å². The lowest BCUT2D eigenvalue weighted by Crippen LogP contribution is -2.06. The van der Waals surface area contributed by atoms with Crippen molar-refractivity contribution < 1.29 is 0 Å². The van der Waals surface area contributed by atoms with Crippen molar-refractivity contribution in [2.24, 2.45) is 0 Å². The van der Waals surface area contributed by atoms with Gasteiger partial charge in [-0.15, -0.1) is 0 Å². The smallest absolute Gasteiger partial charge is 0.238 e. The van der Waals surface area contributed by atoms with Crippen LogP contribution in [0.4, 0.5) is 0 Å². The predicted molar refractivity (Wildman–Crippen MR) is 252 cm³/mol. The van der Waals surface area contributed by atoms with Crippen LogP contribution in [0.3, 0.4) is 0 Å². The summed E-state index contributed by atoms with van der Waals surface area (Å²) in [6.45, 7) is 4.35. The van der Waals surface area contributed by atoms with Crippen molar-refractivity contribution in [3.8, 4) is 40.1 Å². The van der Waals surface area contributed by atoms with Gasteiger partial charge >= 0.3 is 0 Å². The number of fused-ring (bicyclic) bond motifs is 10. The average Bonchev–Trinajstić information content (AvgIpc) is 3.97. The van der Waals surface area contributed by atoms with Gasteiger partial charge in [0, 0.05) is 54.8 Å². The Morgan fingerprint density at radius 2 is 0.869 bits per heavy atom. The molecule has 0 radical (unpaired) electrons. The molecule has 0 unspecified atom stereocenters. The topological polar surface area (TPSA) is 53.5 Å². The third-order valence-corrected chi connectivity index (χ3v) is 12.5. The molecular formula is C55H40N6. The summed E-state index contributed by atoms with van der Waals surface area (Å²) in [5.74, 6) is 1.88. The van der Waals surface area contributed by atoms with Crippen molar-refractivity contribution in [2.45, 2.75) is 26.7 Å². The van der Waals surface area contributed by atoms with E-state index in [1.54, 1.807) is 0 Å². The Balaban J connectivity index is 1.15. The third kappa shape index (κ3) is 5.45. The molecule has 4 heterocycles. The minimum absolute atomic E-state index is 0.586. The minimum Gasteiger partial charge on any atom is -0.309 e. The maximum absolute atomic E-state index is 5.29. The molecule has 0 saturated carbocycles. The Hall–Kier alpha value is -7.83. The summed E-state index contributed by atoms with van der Waals surface area (Å²) >= 11 is 0. The fourth-order valence-corrected chi connectivity index (χ4v) is 9.45. The van der Waals surface area contributed by atoms with Crippen LogP contribution in [0.5, 0.6) is 0 Å². The summed E-state index contributed by atoms with van der Waals surface area (Å²) in [6, 6.07) is 65.5. The van der Waals surface area contributed by atoms with Crippen LogP contribution in [0.25, 0.3) is 106 Å². The first-order chi connectivity index (χ1) is 30.2. The number of nitrogens with zero attached hydrogens (tertiary/aromatic N) is 6. The molecule has 0 fully saturated rings. The summed E-state index contributed by atoms with van der Waals surface area (Å²) < 4.78 is 7.07. The van der Waals surface area contributed by atoms with E-state index in [-0.39, 0.29) is 0 Å². The molecule has 0 atom stereocenters. The molecule has 61 heavy (non-hydrogen) atoms. The molecule has 6 heteroatoms. The summed E-state index contributed by atoms with van der Waals surface area (Å²) in [6.07, 6.45) is 1.93. The number of aryl methyl sites for hydroxylation is 2. The Bertz CT molecular complexity index is 3580. The molecule has 8 aromatic carbocycles. The van der Waals surface area contributed by atoms with Gasteiger partial charge in [-0.3, -0.25) is 4.57 Å². The van der Waals surface area contributed by atoms with Crippen molar-refractivity contribution in [1.29, 1.82) is 0 Å². The first-order valence-electron chi connectivity index (χ1n) is 21.2. The molecule has 0 aliphatic carbocycles. The Labute approximate surface area is 352 Å². The van der Waals surface area contributed by atoms with Gasteiger partial charge in [0.1, 0.15) is 0 Å². The molecule has 0 aliphatic rings. The molecule has 12 aromatic rings. The number of hydrogen-bond acceptors (Lipinski definition) is 3. The van der Waals surface area contributed by atoms with Gasteiger partial charge in [0.2, 0.25) is 5.95 Å². The first kappa shape index (κ1) is 35.1. The van der Waals surface area contributed by atoms with E-state index in [0.29, 0.717) is 17.6 Å². The molecule has 0 amide bonds. The molecule has 0 N–H and O–H groups in total. The van der Waals surface area contributed by atoms with Crippen molar-refractivity contribution in [2.75, 3.05) is 0 Å². The van der Waals surface area contributed by atoms with Gasteiger partial charge in [-0.1, -0.05) is 141 Å². The number of para-hydroxylation sites is 4. The molecule has 0 aliphatic heterocycles. The van der Waals surface area contributed by atoms with E-state index in [1.165, 1.54) is 43.7 Å². The van der Waals surface area contributed by atoms with E-state index >= 15 is 0 Å². The molecule has 6 nitrogen and oxygen atoms in total. The highest BCUT2D eigenvalue weighted by molar-refractivity contribution is 6.26. The van der Waals surface area contributed by atoms with Crippen LogP contribution in [-0.2, 0) is 12.8 Å². The maximum Gasteiger partial charge on any atom is 0.238 e. The van der Waals surface area contributed by atoms with Crippen LogP contribution in [0, 0.1) is 0 Å². The number of benzene rings is 8. The van der Waals surface area contributed by atoms with Gasteiger partial charge in [-0.25, -0.2) is 4.98 Å². The molecule has 4 aromatic heterocycles. The van der Waals surface area contributed by atoms with E-state index < -0.39 is 0 Å². The standard InChI is InChI=1S/C55H40N6/c1-3-35-22-26-37(27-23-35)53-56-54(38-28-24-36(4-2)25-29-38)58-55(57-53)61-48-21-13-10-18-44(48)51-50(61)33-31-43-41-16-8-12-20-47(41)60(52(43)51)40-30-32-49-45(34-40)42-17-9-11-19-46(42)59(49)39-14-6-5-7-15-39/h5-34H,3-4H2,1-2H3. The maximum atomic E-state index is 5.29. The SMILES string of the molecule is CCc1ccc(-c2nc(-c3ccc(CC)cc3)nc(-n3c4ccccc4c4c3ccc3c5ccccc5n(-c5ccc6c(c5)c5ccccc5n6-c5ccccc5)c34)n2)cc1. The minimum atomic E-state index is 0.586. The van der Waals surface area contributed by atoms with Crippen molar-refractivity contribution in [3.63, 3.8) is 0 Å². The fraction of sp³-hybridized carbons (Fsp3) is 0.0727. The Morgan fingerprint density at radius 3 is 1.49 bits per heavy atom. The lowest BCUT2D eigenvalue weighted by molar-refractivity contribution is 0.953. The normalized spacial score (nSPS) is 11.9. The second kappa shape index (κ2) is 13.9. The monoisotopic (exact) mass is 784 g/mol. The van der Waals surface area contributed by atoms with Crippen LogP contribution in [-0.4, -0.2) is 28.7 Å². The molecular weight excluding hydrogens is 745 g/mol. The van der Waals surface area contributed by atoms with Gasteiger partial charge in [0.05, 0.1) is 33.1 Å². The van der Waals surface area contributed by atoms with E-state index in [9.17, 15) is 0 Å². The molecule has 0 saturated heterocycles. The fourth-order valence-electron chi connectivity index (χ4n) is 9.45. The highest BCUT2D eigenvalue weighted by Gasteiger charge is 2.23. The molecule has 290 valence electrons. The van der Waals surface area contributed by atoms with Crippen molar-refractivity contribution in [3.05, 3.63) is 193 Å². The summed E-state index contributed by atoms with van der Waals surface area (Å²) in [4.78, 5) is 15.7. The van der Waals surface area contributed by atoms with Crippen molar-refractivity contribution >= 4 is 65.4 Å². The van der Waals surface area contributed by atoms with E-state index in [0.717, 1.165) is 68.2 Å². The zero-order valence-corrected chi connectivity index (χ0v) is 33.9. The Morgan fingerprint density at radius 1 is 0.361 bits per heavy atom. The summed E-state index contributed by atoms with van der Waals surface area (Å²) in [7, 11) is 0. The zero-order chi connectivity index (χ0) is 40.6. The van der Waals surface area contributed by atoms with Gasteiger partial charge in [0.25, 0.3) is 0 Å². The van der Waals surface area contributed by atoms with E-state index in [1.807, 2.05) is 0 Å². The molecule has 12 rings (SSSR count). The average molecular weight is 785 g/mol. The van der Waals surface area contributed by atoms with Gasteiger partial charge in [-0.05, 0) is 78.6 Å². The van der Waals surface area contributed by atoms with E-state index in [4.69, 9.17) is 15.0 Å². The number of rotatable bonds is 7. The quantitative estimate of drug-likeness (QED) is 0.162. The lowest BCUT2D eigenvalue weighted by atomic mass is 10.1. The third-order valence-electron chi connectivity index (χ3n) is 12.5. The first-order valence-corrected chi connectivity index (χ1v) is 21.2. The highest BCUT2D eigenvalue weighted by Crippen LogP contribution is 2.43. The van der Waals surface area contributed by atoms with Gasteiger partial charge in [-0.2, -0.15) is 9.97 Å².